The van der Waals surface area contributed by atoms with Crippen LogP contribution in [-0.4, -0.2) is 23.9 Å². The van der Waals surface area contributed by atoms with Crippen LogP contribution in [0, 0.1) is 0 Å². The van der Waals surface area contributed by atoms with Crippen molar-refractivity contribution in [1.29, 1.82) is 0 Å². The monoisotopic (exact) mass is 315 g/mol. The Labute approximate surface area is 137 Å². The molecule has 0 bridgehead atoms. The minimum Gasteiger partial charge on any atom is -0.339 e. The number of halogens is 1. The predicted molar refractivity (Wildman–Crippen MR) is 91.0 cm³/mol. The summed E-state index contributed by atoms with van der Waals surface area (Å²) in [6.45, 7) is 1.83. The molecule has 1 aliphatic heterocycles. The van der Waals surface area contributed by atoms with Gasteiger partial charge in [0, 0.05) is 23.7 Å². The minimum atomic E-state index is 0.216. The Bertz CT molecular complexity index is 594. The zero-order valence-corrected chi connectivity index (χ0v) is 13.6. The number of nitrogens with zero attached hydrogens (tertiary/aromatic N) is 1. The third-order valence-corrected chi connectivity index (χ3v) is 4.68. The summed E-state index contributed by atoms with van der Waals surface area (Å²) in [6.07, 6.45) is 10.6. The maximum absolute atomic E-state index is 12.6. The standard InChI is InChI=1S/C19H22ClNO/c20-18-9-7-15(8-10-18)13-16-5-4-6-17(14-16)19(22)21-11-2-1-3-12-21/h6-10,14H,1-5,11-13H2. The Hall–Kier alpha value is -1.54. The summed E-state index contributed by atoms with van der Waals surface area (Å²) in [5.41, 5.74) is 3.48. The molecule has 0 spiro atoms. The highest BCUT2D eigenvalue weighted by atomic mass is 35.5. The smallest absolute Gasteiger partial charge is 0.253 e. The van der Waals surface area contributed by atoms with Crippen LogP contribution >= 0.6 is 11.6 Å². The molecule has 1 aromatic carbocycles. The summed E-state index contributed by atoms with van der Waals surface area (Å²) in [6, 6.07) is 7.98. The topological polar surface area (TPSA) is 20.3 Å². The van der Waals surface area contributed by atoms with Gasteiger partial charge in [0.05, 0.1) is 0 Å². The van der Waals surface area contributed by atoms with Gasteiger partial charge in [0.15, 0.2) is 0 Å². The van der Waals surface area contributed by atoms with Gasteiger partial charge in [0.25, 0.3) is 5.91 Å². The summed E-state index contributed by atoms with van der Waals surface area (Å²) < 4.78 is 0. The second kappa shape index (κ2) is 7.15. The van der Waals surface area contributed by atoms with Crippen molar-refractivity contribution < 1.29 is 4.79 Å². The number of amides is 1. The Kier molecular flexibility index (Phi) is 4.99. The van der Waals surface area contributed by atoms with Crippen molar-refractivity contribution in [3.63, 3.8) is 0 Å². The molecule has 0 unspecified atom stereocenters. The first kappa shape index (κ1) is 15.4. The Morgan fingerprint density at radius 2 is 1.82 bits per heavy atom. The first-order valence-electron chi connectivity index (χ1n) is 8.16. The average molecular weight is 316 g/mol. The van der Waals surface area contributed by atoms with Gasteiger partial charge >= 0.3 is 0 Å². The molecule has 1 heterocycles. The van der Waals surface area contributed by atoms with Crippen LogP contribution in [0.15, 0.2) is 47.6 Å². The van der Waals surface area contributed by atoms with Crippen molar-refractivity contribution in [3.8, 4) is 0 Å². The van der Waals surface area contributed by atoms with Crippen LogP contribution in [0.25, 0.3) is 0 Å². The molecule has 1 amide bonds. The number of piperidine rings is 1. The summed E-state index contributed by atoms with van der Waals surface area (Å²) in [7, 11) is 0. The SMILES string of the molecule is O=C(C1=CCCC(Cc2ccc(Cl)cc2)=C1)N1CCCCC1. The van der Waals surface area contributed by atoms with Crippen LogP contribution in [0.1, 0.15) is 37.7 Å². The van der Waals surface area contributed by atoms with Gasteiger partial charge in [-0.15, -0.1) is 0 Å². The fraction of sp³-hybridized carbons (Fsp3) is 0.421. The van der Waals surface area contributed by atoms with Gasteiger partial charge in [0.1, 0.15) is 0 Å². The van der Waals surface area contributed by atoms with Crippen LogP contribution in [0.4, 0.5) is 0 Å². The van der Waals surface area contributed by atoms with E-state index in [1.54, 1.807) is 0 Å². The molecule has 1 aromatic rings. The highest BCUT2D eigenvalue weighted by Crippen LogP contribution is 2.24. The van der Waals surface area contributed by atoms with Gasteiger partial charge in [-0.2, -0.15) is 0 Å². The third kappa shape index (κ3) is 3.80. The number of hydrogen-bond acceptors (Lipinski definition) is 1. The van der Waals surface area contributed by atoms with Gasteiger partial charge < -0.3 is 4.90 Å². The summed E-state index contributed by atoms with van der Waals surface area (Å²) >= 11 is 5.93. The van der Waals surface area contributed by atoms with Crippen molar-refractivity contribution in [3.05, 3.63) is 58.1 Å². The minimum absolute atomic E-state index is 0.216. The second-order valence-corrected chi connectivity index (χ2v) is 6.59. The van der Waals surface area contributed by atoms with Gasteiger partial charge in [-0.1, -0.05) is 41.5 Å². The average Bonchev–Trinajstić information content (AvgIpc) is 2.57. The number of benzene rings is 1. The van der Waals surface area contributed by atoms with E-state index >= 15 is 0 Å². The van der Waals surface area contributed by atoms with E-state index in [0.717, 1.165) is 55.8 Å². The summed E-state index contributed by atoms with van der Waals surface area (Å²) in [4.78, 5) is 14.6. The number of hydrogen-bond donors (Lipinski definition) is 0. The third-order valence-electron chi connectivity index (χ3n) is 4.42. The van der Waals surface area contributed by atoms with Crippen LogP contribution in [-0.2, 0) is 11.2 Å². The number of carbonyl (C=O) groups excluding carboxylic acids is 1. The zero-order chi connectivity index (χ0) is 15.4. The zero-order valence-electron chi connectivity index (χ0n) is 12.9. The summed E-state index contributed by atoms with van der Waals surface area (Å²) in [5, 5.41) is 0.766. The van der Waals surface area contributed by atoms with E-state index in [1.807, 2.05) is 17.0 Å². The molecule has 0 aromatic heterocycles. The number of allylic oxidation sites excluding steroid dienone is 2. The first-order valence-corrected chi connectivity index (χ1v) is 8.53. The van der Waals surface area contributed by atoms with Gasteiger partial charge in [-0.05, 0) is 56.2 Å². The maximum atomic E-state index is 12.6. The van der Waals surface area contributed by atoms with E-state index in [2.05, 4.69) is 24.3 Å². The van der Waals surface area contributed by atoms with Crippen LogP contribution in [0.3, 0.4) is 0 Å². The molecule has 22 heavy (non-hydrogen) atoms. The Morgan fingerprint density at radius 1 is 1.09 bits per heavy atom. The molecule has 0 saturated carbocycles. The van der Waals surface area contributed by atoms with Crippen LogP contribution < -0.4 is 0 Å². The van der Waals surface area contributed by atoms with E-state index in [0.29, 0.717) is 0 Å². The lowest BCUT2D eigenvalue weighted by atomic mass is 9.93. The van der Waals surface area contributed by atoms with Gasteiger partial charge in [0.2, 0.25) is 0 Å². The lowest BCUT2D eigenvalue weighted by molar-refractivity contribution is -0.127. The number of likely N-dealkylation sites (tertiary alicyclic amines) is 1. The number of carbonyl (C=O) groups is 1. The molecule has 1 aliphatic carbocycles. The number of rotatable bonds is 3. The van der Waals surface area contributed by atoms with E-state index in [9.17, 15) is 4.79 Å². The predicted octanol–water partition coefficient (Wildman–Crippen LogP) is 4.54. The molecule has 1 fully saturated rings. The van der Waals surface area contributed by atoms with Crippen LogP contribution in [0.5, 0.6) is 0 Å². The Morgan fingerprint density at radius 3 is 2.55 bits per heavy atom. The highest BCUT2D eigenvalue weighted by molar-refractivity contribution is 6.30. The molecule has 3 heteroatoms. The van der Waals surface area contributed by atoms with E-state index in [4.69, 9.17) is 11.6 Å². The maximum Gasteiger partial charge on any atom is 0.253 e. The van der Waals surface area contributed by atoms with E-state index < -0.39 is 0 Å². The molecule has 3 rings (SSSR count). The van der Waals surface area contributed by atoms with E-state index in [1.165, 1.54) is 17.6 Å². The largest absolute Gasteiger partial charge is 0.339 e. The highest BCUT2D eigenvalue weighted by Gasteiger charge is 2.20. The molecule has 0 N–H and O–H groups in total. The molecule has 0 atom stereocenters. The molecular formula is C19H22ClNO. The van der Waals surface area contributed by atoms with Gasteiger partial charge in [-0.25, -0.2) is 0 Å². The van der Waals surface area contributed by atoms with Crippen molar-refractivity contribution in [2.75, 3.05) is 13.1 Å². The molecule has 1 saturated heterocycles. The van der Waals surface area contributed by atoms with Crippen molar-refractivity contribution in [1.82, 2.24) is 4.90 Å². The molecule has 2 nitrogen and oxygen atoms in total. The van der Waals surface area contributed by atoms with Crippen molar-refractivity contribution >= 4 is 17.5 Å². The fourth-order valence-corrected chi connectivity index (χ4v) is 3.32. The second-order valence-electron chi connectivity index (χ2n) is 6.16. The van der Waals surface area contributed by atoms with Crippen molar-refractivity contribution in [2.24, 2.45) is 0 Å². The fourth-order valence-electron chi connectivity index (χ4n) is 3.20. The lowest BCUT2D eigenvalue weighted by Crippen LogP contribution is -2.36. The van der Waals surface area contributed by atoms with Crippen LogP contribution in [0.2, 0.25) is 5.02 Å². The molecule has 116 valence electrons. The normalized spacial score (nSPS) is 18.7. The molecule has 2 aliphatic rings. The lowest BCUT2D eigenvalue weighted by Gasteiger charge is -2.28. The Balaban J connectivity index is 1.68. The quantitative estimate of drug-likeness (QED) is 0.801. The molecular weight excluding hydrogens is 294 g/mol. The summed E-state index contributed by atoms with van der Waals surface area (Å²) in [5.74, 6) is 0.216. The first-order chi connectivity index (χ1) is 10.7. The van der Waals surface area contributed by atoms with Crippen molar-refractivity contribution in [2.45, 2.75) is 38.5 Å². The van der Waals surface area contributed by atoms with Gasteiger partial charge in [-0.3, -0.25) is 4.79 Å². The van der Waals surface area contributed by atoms with E-state index in [-0.39, 0.29) is 5.91 Å². The molecule has 0 radical (unpaired) electrons.